The van der Waals surface area contributed by atoms with E-state index in [1.165, 1.54) is 12.1 Å². The predicted molar refractivity (Wildman–Crippen MR) is 69.3 cm³/mol. The van der Waals surface area contributed by atoms with E-state index in [0.29, 0.717) is 6.42 Å². The first kappa shape index (κ1) is 14.6. The van der Waals surface area contributed by atoms with Gasteiger partial charge in [0.15, 0.2) is 5.84 Å². The molecule has 1 amide bonds. The van der Waals surface area contributed by atoms with Crippen molar-refractivity contribution in [1.82, 2.24) is 5.32 Å². The second-order valence-electron chi connectivity index (χ2n) is 4.33. The first-order valence-electron chi connectivity index (χ1n) is 5.66. The number of nitrogens with zero attached hydrogens (tertiary/aromatic N) is 1. The van der Waals surface area contributed by atoms with E-state index in [2.05, 4.69) is 10.5 Å². The van der Waals surface area contributed by atoms with Crippen LogP contribution in [0.5, 0.6) is 11.5 Å². The van der Waals surface area contributed by atoms with E-state index in [1.807, 2.05) is 0 Å². The van der Waals surface area contributed by atoms with Crippen LogP contribution in [-0.2, 0) is 0 Å². The van der Waals surface area contributed by atoms with Crippen LogP contribution >= 0.6 is 0 Å². The van der Waals surface area contributed by atoms with E-state index in [9.17, 15) is 9.90 Å². The molecule has 0 saturated heterocycles. The van der Waals surface area contributed by atoms with Crippen molar-refractivity contribution in [3.05, 3.63) is 23.8 Å². The average molecular weight is 267 g/mol. The lowest BCUT2D eigenvalue weighted by Crippen LogP contribution is -2.55. The van der Waals surface area contributed by atoms with Gasteiger partial charge in [-0.05, 0) is 25.5 Å². The second kappa shape index (κ2) is 5.47. The Hall–Kier alpha value is -2.44. The van der Waals surface area contributed by atoms with Crippen molar-refractivity contribution in [2.75, 3.05) is 0 Å². The van der Waals surface area contributed by atoms with Crippen molar-refractivity contribution in [2.24, 2.45) is 10.9 Å². The van der Waals surface area contributed by atoms with E-state index < -0.39 is 11.4 Å². The van der Waals surface area contributed by atoms with Gasteiger partial charge in [0.2, 0.25) is 0 Å². The Bertz CT molecular complexity index is 516. The molecule has 1 rings (SSSR count). The van der Waals surface area contributed by atoms with Crippen LogP contribution in [-0.4, -0.2) is 32.7 Å². The highest BCUT2D eigenvalue weighted by atomic mass is 16.4. The lowest BCUT2D eigenvalue weighted by molar-refractivity contribution is 0.0922. The Morgan fingerprint density at radius 3 is 2.58 bits per heavy atom. The number of phenols is 2. The number of amidine groups is 1. The Balaban J connectivity index is 3.02. The van der Waals surface area contributed by atoms with Gasteiger partial charge in [0.25, 0.3) is 5.91 Å². The van der Waals surface area contributed by atoms with Gasteiger partial charge in [0.05, 0.1) is 11.1 Å². The molecule has 0 aromatic heterocycles. The number of carbonyl (C=O) groups excluding carboxylic acids is 1. The highest BCUT2D eigenvalue weighted by molar-refractivity contribution is 6.01. The number of hydrogen-bond donors (Lipinski definition) is 5. The summed E-state index contributed by atoms with van der Waals surface area (Å²) in [4.78, 5) is 12.0. The summed E-state index contributed by atoms with van der Waals surface area (Å²) in [5.41, 5.74) is 4.49. The lowest BCUT2D eigenvalue weighted by atomic mass is 9.96. The number of carbonyl (C=O) groups is 1. The minimum Gasteiger partial charge on any atom is -0.508 e. The monoisotopic (exact) mass is 267 g/mol. The number of amides is 1. The predicted octanol–water partition coefficient (Wildman–Crippen LogP) is 0.743. The minimum atomic E-state index is -1.03. The Kier molecular flexibility index (Phi) is 4.21. The van der Waals surface area contributed by atoms with E-state index in [-0.39, 0.29) is 22.9 Å². The second-order valence-corrected chi connectivity index (χ2v) is 4.33. The summed E-state index contributed by atoms with van der Waals surface area (Å²) < 4.78 is 0. The van der Waals surface area contributed by atoms with Crippen LogP contribution in [0.25, 0.3) is 0 Å². The summed E-state index contributed by atoms with van der Waals surface area (Å²) in [6.07, 6.45) is 0.396. The Morgan fingerprint density at radius 2 is 2.11 bits per heavy atom. The third-order valence-corrected chi connectivity index (χ3v) is 3.00. The number of nitrogens with one attached hydrogen (secondary N) is 1. The fraction of sp³-hybridized carbons (Fsp3) is 0.333. The molecule has 1 aromatic rings. The van der Waals surface area contributed by atoms with Gasteiger partial charge in [-0.3, -0.25) is 4.79 Å². The molecule has 0 saturated carbocycles. The molecule has 0 aliphatic rings. The van der Waals surface area contributed by atoms with E-state index in [4.69, 9.17) is 16.0 Å². The molecule has 0 bridgehead atoms. The molecule has 0 heterocycles. The van der Waals surface area contributed by atoms with Crippen molar-refractivity contribution in [2.45, 2.75) is 25.8 Å². The number of rotatable bonds is 4. The SMILES string of the molecule is CCC(C)(NC(=O)c1ccc(O)cc1O)/C(N)=N/O. The lowest BCUT2D eigenvalue weighted by Gasteiger charge is -2.28. The van der Waals surface area contributed by atoms with Crippen LogP contribution < -0.4 is 11.1 Å². The molecule has 19 heavy (non-hydrogen) atoms. The maximum absolute atomic E-state index is 12.0. The Morgan fingerprint density at radius 1 is 1.47 bits per heavy atom. The normalized spacial score (nSPS) is 14.7. The third-order valence-electron chi connectivity index (χ3n) is 3.00. The van der Waals surface area contributed by atoms with Crippen LogP contribution in [0, 0.1) is 0 Å². The van der Waals surface area contributed by atoms with Crippen LogP contribution in [0.3, 0.4) is 0 Å². The standard InChI is InChI=1S/C12H17N3O4/c1-3-12(2,11(13)15-19)14-10(18)8-5-4-7(16)6-9(8)17/h4-6,16-17,19H,3H2,1-2H3,(H2,13,15)(H,14,18). The number of hydrogen-bond acceptors (Lipinski definition) is 5. The van der Waals surface area contributed by atoms with E-state index in [0.717, 1.165) is 6.07 Å². The molecule has 0 radical (unpaired) electrons. The molecule has 7 heteroatoms. The topological polar surface area (TPSA) is 128 Å². The third kappa shape index (κ3) is 3.06. The average Bonchev–Trinajstić information content (AvgIpc) is 2.37. The van der Waals surface area contributed by atoms with Gasteiger partial charge in [-0.25, -0.2) is 0 Å². The summed E-state index contributed by atoms with van der Waals surface area (Å²) in [6.45, 7) is 3.35. The zero-order valence-corrected chi connectivity index (χ0v) is 10.7. The molecule has 0 fully saturated rings. The van der Waals surface area contributed by atoms with Crippen molar-refractivity contribution in [3.63, 3.8) is 0 Å². The number of benzene rings is 1. The van der Waals surface area contributed by atoms with E-state index in [1.54, 1.807) is 13.8 Å². The summed E-state index contributed by atoms with van der Waals surface area (Å²) in [5, 5.41) is 32.9. The van der Waals surface area contributed by atoms with E-state index >= 15 is 0 Å². The van der Waals surface area contributed by atoms with Gasteiger partial charge in [-0.15, -0.1) is 0 Å². The summed E-state index contributed by atoms with van der Waals surface area (Å²) in [7, 11) is 0. The first-order chi connectivity index (χ1) is 8.84. The Labute approximate surface area is 110 Å². The quantitative estimate of drug-likeness (QED) is 0.238. The van der Waals surface area contributed by atoms with Gasteiger partial charge < -0.3 is 26.5 Å². The molecule has 104 valence electrons. The minimum absolute atomic E-state index is 0.0109. The molecule has 6 N–H and O–H groups in total. The molecular weight excluding hydrogens is 250 g/mol. The summed E-state index contributed by atoms with van der Waals surface area (Å²) in [6, 6.07) is 3.62. The summed E-state index contributed by atoms with van der Waals surface area (Å²) in [5.74, 6) is -1.23. The number of nitrogens with two attached hydrogens (primary N) is 1. The highest BCUT2D eigenvalue weighted by Crippen LogP contribution is 2.23. The fourth-order valence-electron chi connectivity index (χ4n) is 1.47. The smallest absolute Gasteiger partial charge is 0.255 e. The van der Waals surface area contributed by atoms with Gasteiger partial charge in [-0.1, -0.05) is 12.1 Å². The van der Waals surface area contributed by atoms with Crippen molar-refractivity contribution in [3.8, 4) is 11.5 Å². The molecule has 0 aliphatic heterocycles. The zero-order valence-electron chi connectivity index (χ0n) is 10.7. The largest absolute Gasteiger partial charge is 0.508 e. The van der Waals surface area contributed by atoms with Gasteiger partial charge >= 0.3 is 0 Å². The van der Waals surface area contributed by atoms with Crippen LogP contribution in [0.15, 0.2) is 23.4 Å². The summed E-state index contributed by atoms with van der Waals surface area (Å²) >= 11 is 0. The molecule has 1 unspecified atom stereocenters. The maximum atomic E-state index is 12.0. The fourth-order valence-corrected chi connectivity index (χ4v) is 1.47. The van der Waals surface area contributed by atoms with Crippen LogP contribution in [0.4, 0.5) is 0 Å². The molecular formula is C12H17N3O4. The first-order valence-corrected chi connectivity index (χ1v) is 5.66. The van der Waals surface area contributed by atoms with Gasteiger partial charge in [0.1, 0.15) is 11.5 Å². The molecule has 0 spiro atoms. The van der Waals surface area contributed by atoms with Crippen LogP contribution in [0.1, 0.15) is 30.6 Å². The molecule has 1 aromatic carbocycles. The number of phenolic OH excluding ortho intramolecular Hbond substituents is 2. The van der Waals surface area contributed by atoms with Gasteiger partial charge in [0, 0.05) is 6.07 Å². The van der Waals surface area contributed by atoms with Crippen molar-refractivity contribution in [1.29, 1.82) is 0 Å². The number of oxime groups is 1. The van der Waals surface area contributed by atoms with Gasteiger partial charge in [-0.2, -0.15) is 0 Å². The van der Waals surface area contributed by atoms with Crippen molar-refractivity contribution >= 4 is 11.7 Å². The highest BCUT2D eigenvalue weighted by Gasteiger charge is 2.30. The van der Waals surface area contributed by atoms with Crippen molar-refractivity contribution < 1.29 is 20.2 Å². The molecule has 1 atom stereocenters. The molecule has 7 nitrogen and oxygen atoms in total. The number of aromatic hydroxyl groups is 2. The molecule has 0 aliphatic carbocycles. The maximum Gasteiger partial charge on any atom is 0.255 e. The van der Waals surface area contributed by atoms with Crippen LogP contribution in [0.2, 0.25) is 0 Å². The zero-order chi connectivity index (χ0) is 14.6.